The van der Waals surface area contributed by atoms with Crippen molar-refractivity contribution >= 4 is 35.4 Å². The van der Waals surface area contributed by atoms with Crippen LogP contribution in [0.1, 0.15) is 52.3 Å². The first-order chi connectivity index (χ1) is 19.8. The summed E-state index contributed by atoms with van der Waals surface area (Å²) in [5.41, 5.74) is 1.02. The van der Waals surface area contributed by atoms with Gasteiger partial charge in [0.25, 0.3) is 5.56 Å². The predicted octanol–water partition coefficient (Wildman–Crippen LogP) is 1.49. The molecule has 4 rings (SSSR count). The third-order valence-corrected chi connectivity index (χ3v) is 5.37. The molecule has 1 aliphatic heterocycles. The molecule has 2 amide bonds. The summed E-state index contributed by atoms with van der Waals surface area (Å²) >= 11 is 0. The fraction of sp³-hybridized carbons (Fsp3) is 0.481. The van der Waals surface area contributed by atoms with Crippen LogP contribution in [0, 0.1) is 5.92 Å². The van der Waals surface area contributed by atoms with Crippen molar-refractivity contribution in [1.29, 1.82) is 0 Å². The minimum absolute atomic E-state index is 0.0488. The molecule has 226 valence electrons. The van der Waals surface area contributed by atoms with E-state index >= 15 is 0 Å². The zero-order chi connectivity index (χ0) is 30.8. The van der Waals surface area contributed by atoms with Crippen molar-refractivity contribution < 1.29 is 34.1 Å². The zero-order valence-electron chi connectivity index (χ0n) is 24.0. The van der Waals surface area contributed by atoms with Crippen LogP contribution in [0.5, 0.6) is 0 Å². The molecule has 1 fully saturated rings. The van der Waals surface area contributed by atoms with Crippen LogP contribution in [0.3, 0.4) is 0 Å². The molecule has 2 atom stereocenters. The van der Waals surface area contributed by atoms with Gasteiger partial charge in [0, 0.05) is 13.0 Å². The van der Waals surface area contributed by atoms with E-state index in [-0.39, 0.29) is 55.4 Å². The van der Waals surface area contributed by atoms with Gasteiger partial charge in [-0.15, -0.1) is 0 Å². The van der Waals surface area contributed by atoms with Crippen LogP contribution in [-0.2, 0) is 30.5 Å². The number of nitrogens with one attached hydrogen (secondary N) is 3. The average molecular weight is 577 g/mol. The number of anilines is 1. The van der Waals surface area contributed by atoms with Crippen LogP contribution in [0.15, 0.2) is 41.5 Å². The number of aliphatic hydroxyl groups excluding tert-OH is 2. The minimum atomic E-state index is -0.444. The van der Waals surface area contributed by atoms with Gasteiger partial charge in [0.05, 0.1) is 19.0 Å². The molecule has 14 heteroatoms. The molecule has 1 saturated heterocycles. The summed E-state index contributed by atoms with van der Waals surface area (Å²) in [6, 6.07) is 9.35. The quantitative estimate of drug-likeness (QED) is 0.184. The average Bonchev–Trinajstić information content (AvgIpc) is 3.65. The zero-order valence-corrected chi connectivity index (χ0v) is 24.0. The molecule has 0 aliphatic carbocycles. The summed E-state index contributed by atoms with van der Waals surface area (Å²) in [7, 11) is 1.00. The number of carbonyl (C=O) groups is 3. The Bertz CT molecular complexity index is 1260. The molecule has 1 aromatic carbocycles. The number of hydrogen-bond acceptors (Lipinski definition) is 10. The van der Waals surface area contributed by atoms with Crippen molar-refractivity contribution in [2.45, 2.75) is 59.5 Å². The molecule has 3 heterocycles. The summed E-state index contributed by atoms with van der Waals surface area (Å²) < 4.78 is 12.2. The van der Waals surface area contributed by atoms with Crippen molar-refractivity contribution in [3.63, 3.8) is 0 Å². The SMILES string of the molecule is CC.CC(C)C(=O)Nc1nc2c(ncn2C2CCC(CO)O2)c(=O)[nH]1.CO.O=CNCC(=O)OCc1ccccc1. The Labute approximate surface area is 238 Å². The third kappa shape index (κ3) is 11.1. The van der Waals surface area contributed by atoms with Gasteiger partial charge in [0.1, 0.15) is 19.4 Å². The van der Waals surface area contributed by atoms with Gasteiger partial charge in [0.2, 0.25) is 18.3 Å². The topological polar surface area (TPSA) is 198 Å². The van der Waals surface area contributed by atoms with E-state index in [4.69, 9.17) is 19.7 Å². The summed E-state index contributed by atoms with van der Waals surface area (Å²) in [4.78, 5) is 55.5. The van der Waals surface area contributed by atoms with E-state index in [1.807, 2.05) is 44.2 Å². The van der Waals surface area contributed by atoms with Crippen molar-refractivity contribution in [2.75, 3.05) is 25.6 Å². The molecule has 2 unspecified atom stereocenters. The fourth-order valence-corrected chi connectivity index (χ4v) is 3.40. The summed E-state index contributed by atoms with van der Waals surface area (Å²) in [6.45, 7) is 7.60. The molecule has 0 radical (unpaired) electrons. The van der Waals surface area contributed by atoms with Crippen LogP contribution in [0.25, 0.3) is 11.2 Å². The number of hydrogen-bond donors (Lipinski definition) is 5. The van der Waals surface area contributed by atoms with Gasteiger partial charge in [-0.05, 0) is 18.4 Å². The van der Waals surface area contributed by atoms with E-state index in [0.717, 1.165) is 19.1 Å². The lowest BCUT2D eigenvalue weighted by Crippen LogP contribution is -2.23. The lowest BCUT2D eigenvalue weighted by Gasteiger charge is -2.14. The van der Waals surface area contributed by atoms with Crippen molar-refractivity contribution in [3.05, 3.63) is 52.6 Å². The second-order valence-electron chi connectivity index (χ2n) is 8.50. The van der Waals surface area contributed by atoms with Crippen LogP contribution in [-0.4, -0.2) is 74.4 Å². The molecule has 0 spiro atoms. The molecule has 1 aliphatic rings. The van der Waals surface area contributed by atoms with Gasteiger partial charge in [0.15, 0.2) is 11.2 Å². The number of ether oxygens (including phenoxy) is 2. The number of nitrogens with zero attached hydrogens (tertiary/aromatic N) is 3. The minimum Gasteiger partial charge on any atom is -0.460 e. The Hall–Kier alpha value is -4.14. The number of benzene rings is 1. The largest absolute Gasteiger partial charge is 0.460 e. The number of aromatic amines is 1. The summed E-state index contributed by atoms with van der Waals surface area (Å²) in [6.07, 6.45) is 2.81. The molecule has 41 heavy (non-hydrogen) atoms. The van der Waals surface area contributed by atoms with Crippen molar-refractivity contribution in [3.8, 4) is 0 Å². The van der Waals surface area contributed by atoms with E-state index in [0.29, 0.717) is 18.5 Å². The highest BCUT2D eigenvalue weighted by Crippen LogP contribution is 2.29. The number of esters is 1. The van der Waals surface area contributed by atoms with Crippen LogP contribution in [0.2, 0.25) is 0 Å². The summed E-state index contributed by atoms with van der Waals surface area (Å²) in [5.74, 6) is -0.832. The van der Waals surface area contributed by atoms with Gasteiger partial charge < -0.3 is 25.0 Å². The van der Waals surface area contributed by atoms with Gasteiger partial charge in [-0.25, -0.2) is 4.98 Å². The number of aromatic nitrogens is 4. The van der Waals surface area contributed by atoms with E-state index in [1.54, 1.807) is 18.4 Å². The number of amides is 2. The fourth-order valence-electron chi connectivity index (χ4n) is 3.40. The lowest BCUT2D eigenvalue weighted by atomic mass is 10.2. The Balaban J connectivity index is 0.000000402. The first-order valence-corrected chi connectivity index (χ1v) is 13.2. The number of aliphatic hydroxyl groups is 2. The molecule has 5 N–H and O–H groups in total. The summed E-state index contributed by atoms with van der Waals surface area (Å²) in [5, 5.41) is 21.0. The van der Waals surface area contributed by atoms with Gasteiger partial charge in [-0.1, -0.05) is 58.0 Å². The maximum atomic E-state index is 12.1. The first-order valence-electron chi connectivity index (χ1n) is 13.2. The van der Waals surface area contributed by atoms with Crippen LogP contribution in [0.4, 0.5) is 5.95 Å². The Morgan fingerprint density at radius 1 is 1.22 bits per heavy atom. The molecule has 14 nitrogen and oxygen atoms in total. The molecule has 2 aromatic heterocycles. The van der Waals surface area contributed by atoms with Gasteiger partial charge in [-0.3, -0.25) is 34.0 Å². The van der Waals surface area contributed by atoms with E-state index in [9.17, 15) is 19.2 Å². The highest BCUT2D eigenvalue weighted by Gasteiger charge is 2.28. The lowest BCUT2D eigenvalue weighted by molar-refractivity contribution is -0.144. The third-order valence-electron chi connectivity index (χ3n) is 5.37. The number of rotatable bonds is 9. The molecular weight excluding hydrogens is 536 g/mol. The first kappa shape index (κ1) is 34.9. The second-order valence-corrected chi connectivity index (χ2v) is 8.50. The monoisotopic (exact) mass is 576 g/mol. The van der Waals surface area contributed by atoms with Gasteiger partial charge >= 0.3 is 5.97 Å². The molecular formula is C27H40N6O8. The second kappa shape index (κ2) is 19.0. The normalized spacial score (nSPS) is 15.3. The molecule has 0 bridgehead atoms. The predicted molar refractivity (Wildman–Crippen MR) is 152 cm³/mol. The van der Waals surface area contributed by atoms with E-state index < -0.39 is 11.5 Å². The molecule has 0 saturated carbocycles. The van der Waals surface area contributed by atoms with E-state index in [1.165, 1.54) is 6.33 Å². The highest BCUT2D eigenvalue weighted by molar-refractivity contribution is 5.91. The van der Waals surface area contributed by atoms with Crippen LogP contribution < -0.4 is 16.2 Å². The number of imidazole rings is 1. The highest BCUT2D eigenvalue weighted by atomic mass is 16.5. The van der Waals surface area contributed by atoms with Crippen molar-refractivity contribution in [1.82, 2.24) is 24.8 Å². The number of carbonyl (C=O) groups excluding carboxylic acids is 3. The Morgan fingerprint density at radius 2 is 1.90 bits per heavy atom. The number of fused-ring (bicyclic) bond motifs is 1. The maximum Gasteiger partial charge on any atom is 0.325 e. The smallest absolute Gasteiger partial charge is 0.325 e. The maximum absolute atomic E-state index is 12.1. The molecule has 3 aromatic rings. The van der Waals surface area contributed by atoms with Crippen LogP contribution >= 0.6 is 0 Å². The van der Waals surface area contributed by atoms with Crippen molar-refractivity contribution in [2.24, 2.45) is 5.92 Å². The van der Waals surface area contributed by atoms with Gasteiger partial charge in [-0.2, -0.15) is 4.98 Å². The Kier molecular flexibility index (Phi) is 16.2. The Morgan fingerprint density at radius 3 is 2.49 bits per heavy atom. The number of H-pyrrole nitrogens is 1. The standard InChI is InChI=1S/C14H19N5O4.C10H11NO3.C2H6.CH4O/c1-7(2)12(21)17-14-16-11-10(13(22)18-14)15-6-19(11)9-4-3-8(5-20)23-9;12-8-11-6-10(13)14-7-9-4-2-1-3-5-9;2*1-2/h6-9,20H,3-5H2,1-2H3,(H2,16,17,18,21,22);1-5,8H,6-7H2,(H,11,12);1-2H3;2H,1H3. The van der Waals surface area contributed by atoms with E-state index in [2.05, 4.69) is 25.6 Å².